The van der Waals surface area contributed by atoms with Crippen LogP contribution in [0.25, 0.3) is 0 Å². The van der Waals surface area contributed by atoms with E-state index in [1.165, 1.54) is 25.9 Å². The molecule has 0 aromatic carbocycles. The maximum Gasteiger partial charge on any atom is 0.320 e. The first-order chi connectivity index (χ1) is 13.6. The van der Waals surface area contributed by atoms with Crippen molar-refractivity contribution in [2.45, 2.75) is 52.4 Å². The van der Waals surface area contributed by atoms with Crippen LogP contribution in [0.4, 0.5) is 17.3 Å². The maximum absolute atomic E-state index is 11.8. The zero-order valence-corrected chi connectivity index (χ0v) is 17.6. The van der Waals surface area contributed by atoms with Crippen molar-refractivity contribution in [1.29, 1.82) is 0 Å². The molecular weight excluding hydrogens is 356 g/mol. The summed E-state index contributed by atoms with van der Waals surface area (Å²) in [4.78, 5) is 24.5. The molecule has 1 aromatic rings. The highest BCUT2D eigenvalue weighted by Gasteiger charge is 2.20. The van der Waals surface area contributed by atoms with E-state index < -0.39 is 0 Å². The topological polar surface area (TPSA) is 96.6 Å². The van der Waals surface area contributed by atoms with E-state index in [4.69, 9.17) is 10.5 Å². The molecule has 158 valence electrons. The van der Waals surface area contributed by atoms with Crippen molar-refractivity contribution in [3.8, 4) is 6.01 Å². The number of carbonyl (C=O) groups excluding carboxylic acids is 1. The molecule has 2 heterocycles. The van der Waals surface area contributed by atoms with Gasteiger partial charge in [0.05, 0.1) is 6.61 Å². The van der Waals surface area contributed by atoms with Gasteiger partial charge in [0.25, 0.3) is 0 Å². The quantitative estimate of drug-likeness (QED) is 0.417. The summed E-state index contributed by atoms with van der Waals surface area (Å²) < 4.78 is 5.61. The number of aromatic nitrogens is 2. The Bertz CT molecular complexity index is 605. The van der Waals surface area contributed by atoms with Crippen LogP contribution in [0.2, 0.25) is 0 Å². The number of nitrogens with zero attached hydrogens (tertiary/aromatic N) is 4. The molecule has 8 nitrogen and oxygen atoms in total. The third-order valence-electron chi connectivity index (χ3n) is 5.44. The van der Waals surface area contributed by atoms with E-state index in [-0.39, 0.29) is 11.8 Å². The Balaban J connectivity index is 1.98. The lowest BCUT2D eigenvalue weighted by molar-refractivity contribution is -0.107. The van der Waals surface area contributed by atoms with Gasteiger partial charge in [0.1, 0.15) is 5.69 Å². The third-order valence-corrected chi connectivity index (χ3v) is 5.44. The van der Waals surface area contributed by atoms with Crippen LogP contribution in [0.1, 0.15) is 52.4 Å². The Labute approximate surface area is 168 Å². The van der Waals surface area contributed by atoms with Crippen molar-refractivity contribution in [3.05, 3.63) is 0 Å². The molecular formula is C20H36N6O2. The number of rotatable bonds is 12. The summed E-state index contributed by atoms with van der Waals surface area (Å²) in [5.41, 5.74) is 6.62. The monoisotopic (exact) mass is 392 g/mol. The average molecular weight is 393 g/mol. The minimum atomic E-state index is 0.221. The van der Waals surface area contributed by atoms with E-state index in [1.807, 2.05) is 0 Å². The van der Waals surface area contributed by atoms with Gasteiger partial charge in [0, 0.05) is 13.6 Å². The normalized spacial score (nSPS) is 15.4. The highest BCUT2D eigenvalue weighted by Crippen LogP contribution is 2.30. The SMILES string of the molecule is CCCCOc1nc(N)c(NC)c(N(C=O)CCCC2CCN(CC)CC2)n1. The second kappa shape index (κ2) is 11.7. The molecule has 0 saturated carbocycles. The van der Waals surface area contributed by atoms with Crippen molar-refractivity contribution in [1.82, 2.24) is 14.9 Å². The fourth-order valence-electron chi connectivity index (χ4n) is 3.62. The van der Waals surface area contributed by atoms with E-state index in [0.29, 0.717) is 24.7 Å². The zero-order chi connectivity index (χ0) is 20.4. The van der Waals surface area contributed by atoms with Crippen LogP contribution in [0, 0.1) is 5.92 Å². The first-order valence-corrected chi connectivity index (χ1v) is 10.5. The van der Waals surface area contributed by atoms with Gasteiger partial charge in [-0.05, 0) is 57.7 Å². The molecule has 28 heavy (non-hydrogen) atoms. The van der Waals surface area contributed by atoms with Gasteiger partial charge in [-0.2, -0.15) is 9.97 Å². The smallest absolute Gasteiger partial charge is 0.320 e. The molecule has 1 amide bonds. The summed E-state index contributed by atoms with van der Waals surface area (Å²) in [7, 11) is 1.75. The molecule has 0 radical (unpaired) electrons. The lowest BCUT2D eigenvalue weighted by atomic mass is 9.92. The predicted molar refractivity (Wildman–Crippen MR) is 114 cm³/mol. The van der Waals surface area contributed by atoms with E-state index >= 15 is 0 Å². The highest BCUT2D eigenvalue weighted by molar-refractivity contribution is 5.85. The van der Waals surface area contributed by atoms with Gasteiger partial charge in [-0.3, -0.25) is 9.69 Å². The molecule has 8 heteroatoms. The van der Waals surface area contributed by atoms with Crippen molar-refractivity contribution < 1.29 is 9.53 Å². The lowest BCUT2D eigenvalue weighted by Gasteiger charge is -2.31. The molecule has 0 bridgehead atoms. The molecule has 0 aliphatic carbocycles. The fraction of sp³-hybridized carbons (Fsp3) is 0.750. The maximum atomic E-state index is 11.8. The van der Waals surface area contributed by atoms with Gasteiger partial charge >= 0.3 is 6.01 Å². The van der Waals surface area contributed by atoms with Crippen LogP contribution in [0.15, 0.2) is 0 Å². The summed E-state index contributed by atoms with van der Waals surface area (Å²) in [6, 6.07) is 0.221. The predicted octanol–water partition coefficient (Wildman–Crippen LogP) is 2.75. The molecule has 1 aliphatic heterocycles. The van der Waals surface area contributed by atoms with E-state index in [1.54, 1.807) is 11.9 Å². The number of nitrogens with two attached hydrogens (primary N) is 1. The van der Waals surface area contributed by atoms with Crippen molar-refractivity contribution in [3.63, 3.8) is 0 Å². The first kappa shape index (κ1) is 22.2. The number of likely N-dealkylation sites (tertiary alicyclic amines) is 1. The molecule has 3 N–H and O–H groups in total. The molecule has 0 spiro atoms. The number of ether oxygens (including phenoxy) is 1. The molecule has 1 aromatic heterocycles. The summed E-state index contributed by atoms with van der Waals surface area (Å²) in [5, 5.41) is 3.01. The van der Waals surface area contributed by atoms with Gasteiger partial charge in [-0.15, -0.1) is 0 Å². The molecule has 1 aliphatic rings. The standard InChI is InChI=1S/C20H36N6O2/c1-4-6-14-28-20-23-18(21)17(22-3)19(24-20)26(15-27)11-7-8-16-9-12-25(5-2)13-10-16/h15-16,22H,4-14H2,1-3H3,(H2,21,23,24). The van der Waals surface area contributed by atoms with Gasteiger partial charge in [-0.25, -0.2) is 0 Å². The van der Waals surface area contributed by atoms with Crippen LogP contribution in [-0.2, 0) is 4.79 Å². The number of nitrogen functional groups attached to an aromatic ring is 1. The minimum absolute atomic E-state index is 0.221. The number of anilines is 3. The summed E-state index contributed by atoms with van der Waals surface area (Å²) in [6.45, 7) is 8.95. The molecule has 1 fully saturated rings. The first-order valence-electron chi connectivity index (χ1n) is 10.5. The zero-order valence-electron chi connectivity index (χ0n) is 17.6. The Morgan fingerprint density at radius 3 is 2.64 bits per heavy atom. The number of amides is 1. The van der Waals surface area contributed by atoms with Crippen LogP contribution in [-0.4, -0.2) is 61.1 Å². The van der Waals surface area contributed by atoms with Crippen LogP contribution in [0.5, 0.6) is 6.01 Å². The Hall–Kier alpha value is -2.09. The average Bonchev–Trinajstić information content (AvgIpc) is 2.71. The number of unbranched alkanes of at least 4 members (excludes halogenated alkanes) is 1. The second-order valence-electron chi connectivity index (χ2n) is 7.36. The highest BCUT2D eigenvalue weighted by atomic mass is 16.5. The van der Waals surface area contributed by atoms with E-state index in [0.717, 1.165) is 44.6 Å². The summed E-state index contributed by atoms with van der Waals surface area (Å²) in [5.74, 6) is 1.51. The van der Waals surface area contributed by atoms with E-state index in [9.17, 15) is 4.79 Å². The van der Waals surface area contributed by atoms with Crippen molar-refractivity contribution >= 4 is 23.7 Å². The third kappa shape index (κ3) is 6.22. The van der Waals surface area contributed by atoms with Crippen LogP contribution >= 0.6 is 0 Å². The molecule has 1 saturated heterocycles. The molecule has 2 rings (SSSR count). The summed E-state index contributed by atoms with van der Waals surface area (Å²) in [6.07, 6.45) is 7.30. The number of hydrogen-bond acceptors (Lipinski definition) is 7. The number of hydrogen-bond donors (Lipinski definition) is 2. The van der Waals surface area contributed by atoms with E-state index in [2.05, 4.69) is 34.0 Å². The Morgan fingerprint density at radius 2 is 2.04 bits per heavy atom. The van der Waals surface area contributed by atoms with Gasteiger partial charge in [-0.1, -0.05) is 20.3 Å². The lowest BCUT2D eigenvalue weighted by Crippen LogP contribution is -2.33. The molecule has 0 unspecified atom stereocenters. The van der Waals surface area contributed by atoms with Gasteiger partial charge < -0.3 is 20.7 Å². The largest absolute Gasteiger partial charge is 0.463 e. The summed E-state index contributed by atoms with van der Waals surface area (Å²) >= 11 is 0. The van der Waals surface area contributed by atoms with Crippen molar-refractivity contribution in [2.75, 3.05) is 55.8 Å². The minimum Gasteiger partial charge on any atom is -0.463 e. The van der Waals surface area contributed by atoms with Crippen LogP contribution < -0.4 is 20.7 Å². The van der Waals surface area contributed by atoms with Gasteiger partial charge in [0.15, 0.2) is 11.6 Å². The molecule has 0 atom stereocenters. The number of nitrogens with one attached hydrogen (secondary N) is 1. The van der Waals surface area contributed by atoms with Crippen LogP contribution in [0.3, 0.4) is 0 Å². The van der Waals surface area contributed by atoms with Crippen molar-refractivity contribution in [2.24, 2.45) is 5.92 Å². The Morgan fingerprint density at radius 1 is 1.29 bits per heavy atom. The van der Waals surface area contributed by atoms with Gasteiger partial charge in [0.2, 0.25) is 6.41 Å². The fourth-order valence-corrected chi connectivity index (χ4v) is 3.62. The number of piperidine rings is 1. The second-order valence-corrected chi connectivity index (χ2v) is 7.36. The Kier molecular flexibility index (Phi) is 9.27. The number of carbonyl (C=O) groups is 1.